The molecule has 0 spiro atoms. The summed E-state index contributed by atoms with van der Waals surface area (Å²) in [4.78, 5) is 14.3. The summed E-state index contributed by atoms with van der Waals surface area (Å²) in [6.45, 7) is 0. The van der Waals surface area contributed by atoms with Crippen molar-refractivity contribution >= 4 is 46.2 Å². The number of nitrogens with one attached hydrogen (secondary N) is 2. The first-order valence-electron chi connectivity index (χ1n) is 5.34. The summed E-state index contributed by atoms with van der Waals surface area (Å²) in [5, 5.41) is 14.6. The lowest BCUT2D eigenvalue weighted by molar-refractivity contribution is -0.384. The summed E-state index contributed by atoms with van der Waals surface area (Å²) >= 11 is 11.7. The van der Waals surface area contributed by atoms with Gasteiger partial charge in [-0.25, -0.2) is 10.8 Å². The van der Waals surface area contributed by atoms with Crippen molar-refractivity contribution in [1.29, 1.82) is 0 Å². The van der Waals surface area contributed by atoms with Gasteiger partial charge in [0.1, 0.15) is 11.6 Å². The first kappa shape index (κ1) is 14.3. The molecule has 1 aromatic heterocycles. The van der Waals surface area contributed by atoms with Gasteiger partial charge in [-0.1, -0.05) is 23.2 Å². The molecule has 20 heavy (non-hydrogen) atoms. The molecule has 2 rings (SSSR count). The zero-order chi connectivity index (χ0) is 14.7. The van der Waals surface area contributed by atoms with Gasteiger partial charge in [0.15, 0.2) is 0 Å². The molecule has 0 saturated carbocycles. The van der Waals surface area contributed by atoms with Crippen LogP contribution in [-0.4, -0.2) is 9.91 Å². The van der Waals surface area contributed by atoms with Gasteiger partial charge in [0.05, 0.1) is 17.1 Å². The van der Waals surface area contributed by atoms with E-state index in [1.807, 2.05) is 0 Å². The van der Waals surface area contributed by atoms with Gasteiger partial charge in [0, 0.05) is 15.7 Å². The van der Waals surface area contributed by atoms with E-state index in [0.717, 1.165) is 0 Å². The minimum absolute atomic E-state index is 0.149. The van der Waals surface area contributed by atoms with Gasteiger partial charge in [0.2, 0.25) is 0 Å². The average molecular weight is 314 g/mol. The smallest absolute Gasteiger partial charge is 0.276 e. The zero-order valence-corrected chi connectivity index (χ0v) is 11.4. The van der Waals surface area contributed by atoms with Gasteiger partial charge in [-0.3, -0.25) is 10.1 Å². The van der Waals surface area contributed by atoms with Crippen LogP contribution in [0.15, 0.2) is 30.3 Å². The van der Waals surface area contributed by atoms with Crippen molar-refractivity contribution in [2.45, 2.75) is 0 Å². The van der Waals surface area contributed by atoms with Crippen LogP contribution in [-0.2, 0) is 0 Å². The van der Waals surface area contributed by atoms with Crippen molar-refractivity contribution in [3.63, 3.8) is 0 Å². The molecule has 0 atom stereocenters. The van der Waals surface area contributed by atoms with Gasteiger partial charge < -0.3 is 10.7 Å². The van der Waals surface area contributed by atoms with Crippen LogP contribution in [0.4, 0.5) is 23.0 Å². The Morgan fingerprint density at radius 1 is 1.10 bits per heavy atom. The van der Waals surface area contributed by atoms with E-state index in [1.165, 1.54) is 12.1 Å². The van der Waals surface area contributed by atoms with Crippen molar-refractivity contribution in [2.75, 3.05) is 10.7 Å². The second kappa shape index (κ2) is 5.91. The van der Waals surface area contributed by atoms with Crippen LogP contribution in [0.1, 0.15) is 0 Å². The van der Waals surface area contributed by atoms with Gasteiger partial charge in [-0.15, -0.1) is 0 Å². The summed E-state index contributed by atoms with van der Waals surface area (Å²) in [5.41, 5.74) is 2.67. The predicted molar refractivity (Wildman–Crippen MR) is 78.4 cm³/mol. The molecule has 0 aliphatic heterocycles. The van der Waals surface area contributed by atoms with E-state index >= 15 is 0 Å². The number of nitrogen functional groups attached to an aromatic ring is 1. The van der Waals surface area contributed by atoms with Crippen molar-refractivity contribution in [1.82, 2.24) is 4.98 Å². The molecule has 1 aromatic carbocycles. The van der Waals surface area contributed by atoms with Gasteiger partial charge in [0.25, 0.3) is 5.69 Å². The fourth-order valence-corrected chi connectivity index (χ4v) is 2.06. The summed E-state index contributed by atoms with van der Waals surface area (Å²) in [6.07, 6.45) is 0. The molecular weight excluding hydrogens is 305 g/mol. The molecule has 9 heteroatoms. The van der Waals surface area contributed by atoms with Crippen LogP contribution in [0, 0.1) is 10.1 Å². The molecule has 0 radical (unpaired) electrons. The minimum atomic E-state index is -0.543. The number of nitro groups is 1. The molecule has 1 heterocycles. The number of nitrogens with zero attached hydrogens (tertiary/aromatic N) is 2. The Bertz CT molecular complexity index is 645. The Morgan fingerprint density at radius 3 is 2.25 bits per heavy atom. The monoisotopic (exact) mass is 313 g/mol. The van der Waals surface area contributed by atoms with E-state index in [-0.39, 0.29) is 17.3 Å². The number of hydrazine groups is 1. The normalized spacial score (nSPS) is 10.2. The fourth-order valence-electron chi connectivity index (χ4n) is 1.53. The van der Waals surface area contributed by atoms with Gasteiger partial charge in [-0.05, 0) is 18.2 Å². The molecule has 0 aliphatic carbocycles. The van der Waals surface area contributed by atoms with Gasteiger partial charge in [-0.2, -0.15) is 0 Å². The largest absolute Gasteiger partial charge is 0.340 e. The van der Waals surface area contributed by atoms with E-state index < -0.39 is 4.92 Å². The lowest BCUT2D eigenvalue weighted by Crippen LogP contribution is -2.10. The number of pyridine rings is 1. The highest BCUT2D eigenvalue weighted by atomic mass is 35.5. The van der Waals surface area contributed by atoms with E-state index in [4.69, 9.17) is 29.0 Å². The van der Waals surface area contributed by atoms with Crippen molar-refractivity contribution in [2.24, 2.45) is 5.84 Å². The maximum atomic E-state index is 10.8. The van der Waals surface area contributed by atoms with Crippen LogP contribution in [0.5, 0.6) is 0 Å². The second-order valence-electron chi connectivity index (χ2n) is 3.78. The Kier molecular flexibility index (Phi) is 4.23. The Morgan fingerprint density at radius 2 is 1.70 bits per heavy atom. The molecule has 7 nitrogen and oxygen atoms in total. The third kappa shape index (κ3) is 3.47. The number of hydrogen-bond donors (Lipinski definition) is 3. The molecule has 0 saturated heterocycles. The quantitative estimate of drug-likeness (QED) is 0.454. The maximum Gasteiger partial charge on any atom is 0.276 e. The number of rotatable bonds is 4. The summed E-state index contributed by atoms with van der Waals surface area (Å²) in [5.74, 6) is 5.63. The number of nitrogens with two attached hydrogens (primary N) is 1. The number of aromatic nitrogens is 1. The van der Waals surface area contributed by atoms with Crippen LogP contribution in [0.2, 0.25) is 10.0 Å². The summed E-state index contributed by atoms with van der Waals surface area (Å²) < 4.78 is 0. The highest BCUT2D eigenvalue weighted by molar-refractivity contribution is 6.35. The highest BCUT2D eigenvalue weighted by Crippen LogP contribution is 2.27. The Labute approximate surface area is 123 Å². The highest BCUT2D eigenvalue weighted by Gasteiger charge is 2.11. The summed E-state index contributed by atoms with van der Waals surface area (Å²) in [7, 11) is 0. The summed E-state index contributed by atoms with van der Waals surface area (Å²) in [6, 6.07) is 7.29. The van der Waals surface area contributed by atoms with Crippen molar-refractivity contribution < 1.29 is 4.92 Å². The zero-order valence-electron chi connectivity index (χ0n) is 9.93. The Hall–Kier alpha value is -2.09. The van der Waals surface area contributed by atoms with Crippen molar-refractivity contribution in [3.05, 3.63) is 50.5 Å². The molecule has 0 fully saturated rings. The number of benzene rings is 1. The van der Waals surface area contributed by atoms with E-state index in [0.29, 0.717) is 15.7 Å². The molecule has 4 N–H and O–H groups in total. The first-order valence-corrected chi connectivity index (χ1v) is 6.10. The van der Waals surface area contributed by atoms with Crippen LogP contribution < -0.4 is 16.6 Å². The SMILES string of the molecule is NNc1cc([N+](=O)[O-])cc(Nc2cc(Cl)cc(Cl)c2)n1. The molecule has 0 amide bonds. The number of halogens is 2. The van der Waals surface area contributed by atoms with E-state index in [1.54, 1.807) is 18.2 Å². The van der Waals surface area contributed by atoms with Crippen molar-refractivity contribution in [3.8, 4) is 0 Å². The van der Waals surface area contributed by atoms with Crippen LogP contribution in [0.3, 0.4) is 0 Å². The standard InChI is InChI=1S/C11H9Cl2N5O2/c12-6-1-7(13)3-8(2-6)15-10-4-9(18(19)20)5-11(16-10)17-14/h1-5H,14H2,(H2,15,16,17). The minimum Gasteiger partial charge on any atom is -0.340 e. The maximum absolute atomic E-state index is 10.8. The predicted octanol–water partition coefficient (Wildman–Crippen LogP) is 3.33. The lowest BCUT2D eigenvalue weighted by atomic mass is 10.3. The second-order valence-corrected chi connectivity index (χ2v) is 4.65. The molecule has 0 unspecified atom stereocenters. The third-order valence-electron chi connectivity index (χ3n) is 2.30. The first-order chi connectivity index (χ1) is 9.47. The molecule has 0 bridgehead atoms. The third-order valence-corrected chi connectivity index (χ3v) is 2.74. The number of anilines is 3. The molecule has 2 aromatic rings. The number of hydrogen-bond acceptors (Lipinski definition) is 6. The topological polar surface area (TPSA) is 106 Å². The lowest BCUT2D eigenvalue weighted by Gasteiger charge is -2.08. The molecule has 0 aliphatic rings. The molecular formula is C11H9Cl2N5O2. The molecule has 104 valence electrons. The van der Waals surface area contributed by atoms with Gasteiger partial charge >= 0.3 is 0 Å². The van der Waals surface area contributed by atoms with E-state index in [2.05, 4.69) is 15.7 Å². The Balaban J connectivity index is 2.37. The average Bonchev–Trinajstić information content (AvgIpc) is 2.36. The van der Waals surface area contributed by atoms with E-state index in [9.17, 15) is 10.1 Å². The van der Waals surface area contributed by atoms with Crippen LogP contribution >= 0.6 is 23.2 Å². The van der Waals surface area contributed by atoms with Crippen LogP contribution in [0.25, 0.3) is 0 Å². The fraction of sp³-hybridized carbons (Fsp3) is 0.